The molecular formula is C19H33NO3. The fourth-order valence-corrected chi connectivity index (χ4v) is 3.32. The molecule has 4 heteroatoms. The van der Waals surface area contributed by atoms with Crippen LogP contribution in [-0.4, -0.2) is 43.4 Å². The van der Waals surface area contributed by atoms with E-state index in [0.29, 0.717) is 0 Å². The zero-order chi connectivity index (χ0) is 17.5. The van der Waals surface area contributed by atoms with Crippen molar-refractivity contribution >= 4 is 6.09 Å². The molecule has 4 nitrogen and oxygen atoms in total. The molecule has 0 aromatic carbocycles. The Bertz CT molecular complexity index is 426. The molecule has 0 bridgehead atoms. The van der Waals surface area contributed by atoms with Crippen molar-refractivity contribution in [2.24, 2.45) is 5.41 Å². The van der Waals surface area contributed by atoms with E-state index in [1.807, 2.05) is 31.7 Å². The van der Waals surface area contributed by atoms with Crippen LogP contribution in [0.15, 0.2) is 24.3 Å². The number of likely N-dealkylation sites (tertiary alicyclic amines) is 1. The highest BCUT2D eigenvalue weighted by Crippen LogP contribution is 2.43. The van der Waals surface area contributed by atoms with Crippen LogP contribution in [0.5, 0.6) is 0 Å². The van der Waals surface area contributed by atoms with Gasteiger partial charge in [-0.05, 0) is 64.4 Å². The summed E-state index contributed by atoms with van der Waals surface area (Å²) in [4.78, 5) is 14.1. The van der Waals surface area contributed by atoms with Crippen LogP contribution in [0.4, 0.5) is 4.79 Å². The van der Waals surface area contributed by atoms with Gasteiger partial charge in [0, 0.05) is 26.8 Å². The van der Waals surface area contributed by atoms with Gasteiger partial charge in [0.15, 0.2) is 0 Å². The molecule has 0 N–H and O–H groups in total. The highest BCUT2D eigenvalue weighted by Gasteiger charge is 2.38. The number of methoxy groups -OCH3 is 1. The SMILES string of the molecule is C=C/C(=C\C)C1(CCCOC)CCN(C(=O)OC(C)(C)C)CC1. The van der Waals surface area contributed by atoms with Crippen LogP contribution in [0.25, 0.3) is 0 Å². The molecule has 0 atom stereocenters. The number of amides is 1. The van der Waals surface area contributed by atoms with E-state index in [2.05, 4.69) is 19.6 Å². The molecule has 0 saturated carbocycles. The van der Waals surface area contributed by atoms with Gasteiger partial charge in [-0.1, -0.05) is 18.7 Å². The fraction of sp³-hybridized carbons (Fsp3) is 0.737. The van der Waals surface area contributed by atoms with Crippen molar-refractivity contribution in [3.05, 3.63) is 24.3 Å². The Balaban J connectivity index is 2.75. The molecule has 1 aliphatic rings. The third-order valence-electron chi connectivity index (χ3n) is 4.52. The maximum atomic E-state index is 12.2. The van der Waals surface area contributed by atoms with Gasteiger partial charge in [0.2, 0.25) is 0 Å². The predicted molar refractivity (Wildman–Crippen MR) is 94.5 cm³/mol. The number of carbonyl (C=O) groups excluding carboxylic acids is 1. The largest absolute Gasteiger partial charge is 0.444 e. The van der Waals surface area contributed by atoms with Crippen molar-refractivity contribution in [3.8, 4) is 0 Å². The van der Waals surface area contributed by atoms with Crippen LogP contribution >= 0.6 is 0 Å². The molecule has 1 heterocycles. The molecule has 1 amide bonds. The molecule has 0 aromatic rings. The monoisotopic (exact) mass is 323 g/mol. The Labute approximate surface area is 141 Å². The van der Waals surface area contributed by atoms with Crippen molar-refractivity contribution in [2.45, 2.75) is 59.0 Å². The van der Waals surface area contributed by atoms with E-state index in [4.69, 9.17) is 9.47 Å². The molecule has 23 heavy (non-hydrogen) atoms. The number of hydrogen-bond acceptors (Lipinski definition) is 3. The summed E-state index contributed by atoms with van der Waals surface area (Å²) in [6.45, 7) is 14.0. The summed E-state index contributed by atoms with van der Waals surface area (Å²) in [5, 5.41) is 0. The van der Waals surface area contributed by atoms with E-state index >= 15 is 0 Å². The highest BCUT2D eigenvalue weighted by atomic mass is 16.6. The minimum Gasteiger partial charge on any atom is -0.444 e. The van der Waals surface area contributed by atoms with E-state index in [1.54, 1.807) is 7.11 Å². The van der Waals surface area contributed by atoms with Gasteiger partial charge in [-0.3, -0.25) is 0 Å². The Hall–Kier alpha value is -1.29. The summed E-state index contributed by atoms with van der Waals surface area (Å²) in [7, 11) is 1.74. The summed E-state index contributed by atoms with van der Waals surface area (Å²) in [6, 6.07) is 0. The average molecular weight is 323 g/mol. The van der Waals surface area contributed by atoms with Gasteiger partial charge in [0.1, 0.15) is 5.60 Å². The zero-order valence-corrected chi connectivity index (χ0v) is 15.5. The summed E-state index contributed by atoms with van der Waals surface area (Å²) in [6.07, 6.45) is 7.90. The lowest BCUT2D eigenvalue weighted by Gasteiger charge is -2.43. The minimum atomic E-state index is -0.445. The molecule has 1 saturated heterocycles. The lowest BCUT2D eigenvalue weighted by Crippen LogP contribution is -2.45. The fourth-order valence-electron chi connectivity index (χ4n) is 3.32. The first-order chi connectivity index (χ1) is 10.8. The topological polar surface area (TPSA) is 38.8 Å². The van der Waals surface area contributed by atoms with Crippen molar-refractivity contribution < 1.29 is 14.3 Å². The van der Waals surface area contributed by atoms with Crippen LogP contribution in [-0.2, 0) is 9.47 Å². The van der Waals surface area contributed by atoms with Gasteiger partial charge in [-0.2, -0.15) is 0 Å². The number of rotatable bonds is 6. The number of nitrogens with zero attached hydrogens (tertiary/aromatic N) is 1. The van der Waals surface area contributed by atoms with Crippen LogP contribution in [0, 0.1) is 5.41 Å². The molecule has 132 valence electrons. The van der Waals surface area contributed by atoms with E-state index in [-0.39, 0.29) is 11.5 Å². The minimum absolute atomic E-state index is 0.105. The van der Waals surface area contributed by atoms with Gasteiger partial charge in [0.25, 0.3) is 0 Å². The zero-order valence-electron chi connectivity index (χ0n) is 15.5. The second-order valence-corrected chi connectivity index (χ2v) is 7.29. The second-order valence-electron chi connectivity index (χ2n) is 7.29. The number of piperidine rings is 1. The van der Waals surface area contributed by atoms with E-state index < -0.39 is 5.60 Å². The molecule has 0 unspecified atom stereocenters. The Morgan fingerprint density at radius 2 is 1.91 bits per heavy atom. The number of allylic oxidation sites excluding steroid dienone is 3. The van der Waals surface area contributed by atoms with Crippen molar-refractivity contribution in [1.29, 1.82) is 0 Å². The summed E-state index contributed by atoms with van der Waals surface area (Å²) in [5.41, 5.74) is 0.949. The first-order valence-corrected chi connectivity index (χ1v) is 8.54. The van der Waals surface area contributed by atoms with Crippen molar-refractivity contribution in [3.63, 3.8) is 0 Å². The third kappa shape index (κ3) is 5.69. The lowest BCUT2D eigenvalue weighted by atomic mass is 9.69. The lowest BCUT2D eigenvalue weighted by molar-refractivity contribution is 0.0123. The Morgan fingerprint density at radius 3 is 2.35 bits per heavy atom. The van der Waals surface area contributed by atoms with Gasteiger partial charge < -0.3 is 14.4 Å². The molecule has 0 spiro atoms. The molecule has 1 aliphatic heterocycles. The molecule has 1 fully saturated rings. The van der Waals surface area contributed by atoms with Crippen LogP contribution in [0.1, 0.15) is 53.4 Å². The third-order valence-corrected chi connectivity index (χ3v) is 4.52. The quantitative estimate of drug-likeness (QED) is 0.531. The Morgan fingerprint density at radius 1 is 1.30 bits per heavy atom. The number of hydrogen-bond donors (Lipinski definition) is 0. The van der Waals surface area contributed by atoms with Crippen LogP contribution < -0.4 is 0 Å². The van der Waals surface area contributed by atoms with E-state index in [9.17, 15) is 4.79 Å². The van der Waals surface area contributed by atoms with E-state index in [1.165, 1.54) is 5.57 Å². The highest BCUT2D eigenvalue weighted by molar-refractivity contribution is 5.68. The van der Waals surface area contributed by atoms with Crippen molar-refractivity contribution in [1.82, 2.24) is 4.90 Å². The first-order valence-electron chi connectivity index (χ1n) is 8.54. The second kappa shape index (κ2) is 8.53. The molecule has 0 aliphatic carbocycles. The average Bonchev–Trinajstić information content (AvgIpc) is 2.47. The first kappa shape index (κ1) is 19.8. The van der Waals surface area contributed by atoms with Crippen LogP contribution in [0.2, 0.25) is 0 Å². The smallest absolute Gasteiger partial charge is 0.410 e. The van der Waals surface area contributed by atoms with Crippen LogP contribution in [0.3, 0.4) is 0 Å². The maximum Gasteiger partial charge on any atom is 0.410 e. The summed E-state index contributed by atoms with van der Waals surface area (Å²) in [5.74, 6) is 0. The van der Waals surface area contributed by atoms with Gasteiger partial charge in [-0.25, -0.2) is 4.79 Å². The maximum absolute atomic E-state index is 12.2. The Kier molecular flexibility index (Phi) is 7.33. The molecule has 1 rings (SSSR count). The normalized spacial score (nSPS) is 18.7. The predicted octanol–water partition coefficient (Wildman–Crippen LogP) is 4.56. The number of ether oxygens (including phenoxy) is 2. The van der Waals surface area contributed by atoms with Crippen molar-refractivity contribution in [2.75, 3.05) is 26.8 Å². The van der Waals surface area contributed by atoms with Gasteiger partial charge in [-0.15, -0.1) is 0 Å². The molecule has 0 radical (unpaired) electrons. The number of carbonyl (C=O) groups is 1. The van der Waals surface area contributed by atoms with E-state index in [0.717, 1.165) is 45.4 Å². The molecule has 0 aromatic heterocycles. The summed E-state index contributed by atoms with van der Waals surface area (Å²) >= 11 is 0. The molecular weight excluding hydrogens is 290 g/mol. The van der Waals surface area contributed by atoms with Gasteiger partial charge >= 0.3 is 6.09 Å². The summed E-state index contributed by atoms with van der Waals surface area (Å²) < 4.78 is 10.7. The standard InChI is InChI=1S/C19H33NO3/c1-7-16(8-2)19(10-9-15-22-6)11-13-20(14-12-19)17(21)23-18(3,4)5/h7-8H,1,9-15H2,2-6H3/b16-8+. The van der Waals surface area contributed by atoms with Gasteiger partial charge in [0.05, 0.1) is 0 Å².